The first-order valence-electron chi connectivity index (χ1n) is 9.82. The first kappa shape index (κ1) is 20.1. The van der Waals surface area contributed by atoms with Gasteiger partial charge in [-0.25, -0.2) is 4.98 Å². The lowest BCUT2D eigenvalue weighted by atomic mass is 10.1. The summed E-state index contributed by atoms with van der Waals surface area (Å²) in [5, 5.41) is 2.92. The smallest absolute Gasteiger partial charge is 0.255 e. The third-order valence-corrected chi connectivity index (χ3v) is 4.83. The lowest BCUT2D eigenvalue weighted by molar-refractivity contribution is -0.121. The highest BCUT2D eigenvalue weighted by Crippen LogP contribution is 2.17. The molecule has 0 radical (unpaired) electrons. The van der Waals surface area contributed by atoms with E-state index < -0.39 is 0 Å². The van der Waals surface area contributed by atoms with Crippen molar-refractivity contribution in [1.82, 2.24) is 14.9 Å². The Balaban J connectivity index is 1.61. The summed E-state index contributed by atoms with van der Waals surface area (Å²) in [7, 11) is 1.58. The average Bonchev–Trinajstić information content (AvgIpc) is 3.23. The molecular weight excluding hydrogens is 356 g/mol. The molecule has 0 bridgehead atoms. The van der Waals surface area contributed by atoms with Crippen LogP contribution in [-0.2, 0) is 29.1 Å². The maximum atomic E-state index is 12.6. The van der Waals surface area contributed by atoms with Gasteiger partial charge < -0.3 is 15.0 Å². The van der Waals surface area contributed by atoms with Crippen LogP contribution in [0.5, 0.6) is 0 Å². The van der Waals surface area contributed by atoms with E-state index in [9.17, 15) is 9.59 Å². The second-order valence-corrected chi connectivity index (χ2v) is 7.04. The molecule has 1 N–H and O–H groups in total. The highest BCUT2D eigenvalue weighted by atomic mass is 16.5. The number of nitrogens with one attached hydrogen (secondary N) is 1. The van der Waals surface area contributed by atoms with Crippen LogP contribution in [0.4, 0.5) is 5.95 Å². The number of hydrogen-bond acceptors (Lipinski definition) is 5. The van der Waals surface area contributed by atoms with Gasteiger partial charge in [0.15, 0.2) is 0 Å². The monoisotopic (exact) mass is 384 g/mol. The van der Waals surface area contributed by atoms with Gasteiger partial charge in [0.1, 0.15) is 6.54 Å². The van der Waals surface area contributed by atoms with Crippen molar-refractivity contribution >= 4 is 11.9 Å². The fourth-order valence-electron chi connectivity index (χ4n) is 3.43. The second-order valence-electron chi connectivity index (χ2n) is 7.04. The number of aromatic nitrogens is 2. The third-order valence-electron chi connectivity index (χ3n) is 4.83. The molecule has 0 aliphatic carbocycles. The molecule has 1 aromatic carbocycles. The Morgan fingerprint density at radius 1 is 1.21 bits per heavy atom. The molecule has 7 heteroatoms. The van der Waals surface area contributed by atoms with Gasteiger partial charge >= 0.3 is 0 Å². The number of benzene rings is 1. The molecule has 1 fully saturated rings. The molecule has 2 heterocycles. The zero-order valence-corrected chi connectivity index (χ0v) is 16.4. The lowest BCUT2D eigenvalue weighted by Crippen LogP contribution is -2.37. The fourth-order valence-corrected chi connectivity index (χ4v) is 3.43. The van der Waals surface area contributed by atoms with Crippen LogP contribution in [0.15, 0.2) is 41.2 Å². The number of ether oxygens (including phenoxy) is 1. The second kappa shape index (κ2) is 10.0. The molecule has 0 saturated carbocycles. The van der Waals surface area contributed by atoms with Crippen LogP contribution in [-0.4, -0.2) is 42.2 Å². The predicted octanol–water partition coefficient (Wildman–Crippen LogP) is 1.74. The molecule has 7 nitrogen and oxygen atoms in total. The van der Waals surface area contributed by atoms with Crippen LogP contribution in [0.25, 0.3) is 0 Å². The SMILES string of the molecule is COCc1cc(=O)n(CC(=O)NCCCc2ccccc2)c(N2CCCC2)n1. The van der Waals surface area contributed by atoms with Gasteiger partial charge in [-0.2, -0.15) is 0 Å². The number of aryl methyl sites for hydroxylation is 1. The number of carbonyl (C=O) groups is 1. The molecule has 1 aromatic heterocycles. The molecule has 1 aliphatic rings. The number of carbonyl (C=O) groups excluding carboxylic acids is 1. The first-order valence-corrected chi connectivity index (χ1v) is 9.82. The van der Waals surface area contributed by atoms with Gasteiger partial charge in [-0.1, -0.05) is 30.3 Å². The molecule has 1 amide bonds. The van der Waals surface area contributed by atoms with E-state index in [2.05, 4.69) is 27.3 Å². The Bertz CT molecular complexity index is 829. The van der Waals surface area contributed by atoms with Gasteiger partial charge in [-0.05, 0) is 31.2 Å². The maximum Gasteiger partial charge on any atom is 0.255 e. The quantitative estimate of drug-likeness (QED) is 0.667. The summed E-state index contributed by atoms with van der Waals surface area (Å²) in [6.45, 7) is 2.54. The molecule has 1 aliphatic heterocycles. The normalized spacial score (nSPS) is 13.7. The fraction of sp³-hybridized carbons (Fsp3) is 0.476. The average molecular weight is 384 g/mol. The van der Waals surface area contributed by atoms with Crippen LogP contribution < -0.4 is 15.8 Å². The number of methoxy groups -OCH3 is 1. The van der Waals surface area contributed by atoms with Crippen molar-refractivity contribution in [2.75, 3.05) is 31.6 Å². The minimum Gasteiger partial charge on any atom is -0.378 e. The predicted molar refractivity (Wildman–Crippen MR) is 108 cm³/mol. The number of amides is 1. The molecule has 2 aromatic rings. The van der Waals surface area contributed by atoms with Crippen LogP contribution >= 0.6 is 0 Å². The molecule has 150 valence electrons. The molecule has 0 unspecified atom stereocenters. The van der Waals surface area contributed by atoms with Crippen molar-refractivity contribution < 1.29 is 9.53 Å². The van der Waals surface area contributed by atoms with Crippen LogP contribution in [0, 0.1) is 0 Å². The largest absolute Gasteiger partial charge is 0.378 e. The minimum absolute atomic E-state index is 0.0176. The van der Waals surface area contributed by atoms with E-state index in [0.29, 0.717) is 18.2 Å². The van der Waals surface area contributed by atoms with E-state index >= 15 is 0 Å². The van der Waals surface area contributed by atoms with Gasteiger partial charge in [-0.15, -0.1) is 0 Å². The van der Waals surface area contributed by atoms with Crippen molar-refractivity contribution in [3.8, 4) is 0 Å². The van der Waals surface area contributed by atoms with Gasteiger partial charge in [0, 0.05) is 32.8 Å². The Kier molecular flexibility index (Phi) is 7.19. The van der Waals surface area contributed by atoms with Crippen molar-refractivity contribution in [2.45, 2.75) is 38.8 Å². The molecule has 0 spiro atoms. The molecule has 3 rings (SSSR count). The number of anilines is 1. The van der Waals surface area contributed by atoms with E-state index in [1.54, 1.807) is 7.11 Å². The summed E-state index contributed by atoms with van der Waals surface area (Å²) in [6.07, 6.45) is 3.90. The summed E-state index contributed by atoms with van der Waals surface area (Å²) < 4.78 is 6.58. The van der Waals surface area contributed by atoms with E-state index in [1.807, 2.05) is 18.2 Å². The van der Waals surface area contributed by atoms with Gasteiger partial charge in [0.05, 0.1) is 12.3 Å². The lowest BCUT2D eigenvalue weighted by Gasteiger charge is -2.21. The van der Waals surface area contributed by atoms with E-state index in [4.69, 9.17) is 4.74 Å². The molecule has 28 heavy (non-hydrogen) atoms. The van der Waals surface area contributed by atoms with Crippen LogP contribution in [0.1, 0.15) is 30.5 Å². The molecule has 0 atom stereocenters. The maximum absolute atomic E-state index is 12.6. The van der Waals surface area contributed by atoms with Crippen molar-refractivity contribution in [1.29, 1.82) is 0 Å². The Hall–Kier alpha value is -2.67. The van der Waals surface area contributed by atoms with Gasteiger partial charge in [0.2, 0.25) is 11.9 Å². The van der Waals surface area contributed by atoms with E-state index in [0.717, 1.165) is 38.8 Å². The van der Waals surface area contributed by atoms with Crippen LogP contribution in [0.2, 0.25) is 0 Å². The highest BCUT2D eigenvalue weighted by Gasteiger charge is 2.20. The van der Waals surface area contributed by atoms with Crippen molar-refractivity contribution in [3.05, 3.63) is 58.0 Å². The standard InChI is InChI=1S/C21H28N4O3/c1-28-16-18-14-20(27)25(21(23-18)24-12-5-6-13-24)15-19(26)22-11-7-10-17-8-3-2-4-9-17/h2-4,8-9,14H,5-7,10-13,15-16H2,1H3,(H,22,26). The summed E-state index contributed by atoms with van der Waals surface area (Å²) in [4.78, 5) is 31.7. The summed E-state index contributed by atoms with van der Waals surface area (Å²) in [5.41, 5.74) is 1.62. The van der Waals surface area contributed by atoms with E-state index in [1.165, 1.54) is 16.2 Å². The number of nitrogens with zero attached hydrogens (tertiary/aromatic N) is 3. The van der Waals surface area contributed by atoms with Gasteiger partial charge in [-0.3, -0.25) is 14.2 Å². The first-order chi connectivity index (χ1) is 13.7. The molecular formula is C21H28N4O3. The summed E-state index contributed by atoms with van der Waals surface area (Å²) in [6, 6.07) is 11.6. The zero-order valence-electron chi connectivity index (χ0n) is 16.4. The molecule has 1 saturated heterocycles. The zero-order chi connectivity index (χ0) is 19.8. The minimum atomic E-state index is -0.219. The third kappa shape index (κ3) is 5.42. The van der Waals surface area contributed by atoms with E-state index in [-0.39, 0.29) is 24.6 Å². The van der Waals surface area contributed by atoms with Gasteiger partial charge in [0.25, 0.3) is 5.56 Å². The Morgan fingerprint density at radius 3 is 2.68 bits per heavy atom. The van der Waals surface area contributed by atoms with Crippen molar-refractivity contribution in [2.24, 2.45) is 0 Å². The van der Waals surface area contributed by atoms with Crippen molar-refractivity contribution in [3.63, 3.8) is 0 Å². The number of rotatable bonds is 9. The summed E-state index contributed by atoms with van der Waals surface area (Å²) in [5.74, 6) is 0.397. The number of hydrogen-bond donors (Lipinski definition) is 1. The summed E-state index contributed by atoms with van der Waals surface area (Å²) >= 11 is 0. The highest BCUT2D eigenvalue weighted by molar-refractivity contribution is 5.76. The Labute approximate surface area is 165 Å². The van der Waals surface area contributed by atoms with Crippen LogP contribution in [0.3, 0.4) is 0 Å². The Morgan fingerprint density at radius 2 is 1.96 bits per heavy atom. The topological polar surface area (TPSA) is 76.5 Å².